The van der Waals surface area contributed by atoms with Crippen molar-refractivity contribution in [2.75, 3.05) is 20.8 Å². The largest absolute Gasteiger partial charge is 0.502 e. The van der Waals surface area contributed by atoms with Crippen LogP contribution in [0, 0.1) is 5.82 Å². The SMILES string of the molecule is COc1cc(/C=C2/C(C)=C(CNC(=O)c3cc[nH]c3)c3cc(F)ccc32)cc(OC)c1O. The van der Waals surface area contributed by atoms with Gasteiger partial charge in [-0.3, -0.25) is 4.79 Å². The first-order valence-electron chi connectivity index (χ1n) is 10.0. The van der Waals surface area contributed by atoms with Gasteiger partial charge in [-0.2, -0.15) is 0 Å². The normalized spacial score (nSPS) is 13.9. The van der Waals surface area contributed by atoms with Crippen LogP contribution in [0.4, 0.5) is 4.39 Å². The number of aromatic amines is 1. The molecule has 164 valence electrons. The highest BCUT2D eigenvalue weighted by Gasteiger charge is 2.25. The fraction of sp³-hybridized carbons (Fsp3) is 0.160. The van der Waals surface area contributed by atoms with Crippen LogP contribution >= 0.6 is 0 Å². The summed E-state index contributed by atoms with van der Waals surface area (Å²) in [4.78, 5) is 15.3. The maximum Gasteiger partial charge on any atom is 0.253 e. The minimum Gasteiger partial charge on any atom is -0.502 e. The lowest BCUT2D eigenvalue weighted by Gasteiger charge is -2.11. The highest BCUT2D eigenvalue weighted by molar-refractivity contribution is 6.06. The molecule has 1 heterocycles. The number of aromatic nitrogens is 1. The number of methoxy groups -OCH3 is 2. The predicted octanol–water partition coefficient (Wildman–Crippen LogP) is 4.63. The number of ether oxygens (including phenoxy) is 2. The van der Waals surface area contributed by atoms with E-state index >= 15 is 0 Å². The molecule has 0 aliphatic heterocycles. The van der Waals surface area contributed by atoms with E-state index in [2.05, 4.69) is 10.3 Å². The van der Waals surface area contributed by atoms with Crippen LogP contribution in [0.3, 0.4) is 0 Å². The fourth-order valence-electron chi connectivity index (χ4n) is 3.88. The summed E-state index contributed by atoms with van der Waals surface area (Å²) in [6.07, 6.45) is 5.23. The molecule has 0 radical (unpaired) electrons. The number of amides is 1. The van der Waals surface area contributed by atoms with E-state index < -0.39 is 0 Å². The third-order valence-electron chi connectivity index (χ3n) is 5.55. The molecule has 6 nitrogen and oxygen atoms in total. The van der Waals surface area contributed by atoms with E-state index in [-0.39, 0.29) is 35.5 Å². The third kappa shape index (κ3) is 3.85. The number of fused-ring (bicyclic) bond motifs is 1. The molecule has 0 saturated carbocycles. The third-order valence-corrected chi connectivity index (χ3v) is 5.55. The Hall–Kier alpha value is -4.00. The van der Waals surface area contributed by atoms with E-state index in [0.29, 0.717) is 5.56 Å². The maximum atomic E-state index is 14.1. The van der Waals surface area contributed by atoms with Gasteiger partial charge in [0.1, 0.15) is 5.82 Å². The highest BCUT2D eigenvalue weighted by atomic mass is 19.1. The summed E-state index contributed by atoms with van der Waals surface area (Å²) in [5.41, 5.74) is 5.53. The number of hydrogen-bond donors (Lipinski definition) is 3. The van der Waals surface area contributed by atoms with Crippen molar-refractivity contribution in [3.8, 4) is 17.2 Å². The number of nitrogens with one attached hydrogen (secondary N) is 2. The Kier molecular flexibility index (Phi) is 5.73. The molecule has 2 aromatic carbocycles. The molecule has 1 aromatic heterocycles. The average molecular weight is 434 g/mol. The maximum absolute atomic E-state index is 14.1. The van der Waals surface area contributed by atoms with Gasteiger partial charge >= 0.3 is 0 Å². The summed E-state index contributed by atoms with van der Waals surface area (Å²) >= 11 is 0. The second kappa shape index (κ2) is 8.63. The van der Waals surface area contributed by atoms with Crippen LogP contribution < -0.4 is 14.8 Å². The second-order valence-electron chi connectivity index (χ2n) is 7.41. The molecule has 32 heavy (non-hydrogen) atoms. The first-order valence-corrected chi connectivity index (χ1v) is 10.0. The number of carbonyl (C=O) groups is 1. The fourth-order valence-corrected chi connectivity index (χ4v) is 3.88. The molecule has 0 atom stereocenters. The van der Waals surface area contributed by atoms with Crippen LogP contribution in [0.1, 0.15) is 34.0 Å². The molecule has 1 aliphatic carbocycles. The minimum atomic E-state index is -0.347. The van der Waals surface area contributed by atoms with Gasteiger partial charge in [-0.05, 0) is 76.7 Å². The predicted molar refractivity (Wildman–Crippen MR) is 121 cm³/mol. The number of phenols is 1. The van der Waals surface area contributed by atoms with Crippen molar-refractivity contribution in [3.63, 3.8) is 0 Å². The topological polar surface area (TPSA) is 83.6 Å². The summed E-state index contributed by atoms with van der Waals surface area (Å²) in [5, 5.41) is 13.1. The Balaban J connectivity index is 1.75. The molecule has 3 aromatic rings. The molecule has 0 bridgehead atoms. The number of hydrogen-bond acceptors (Lipinski definition) is 4. The monoisotopic (exact) mass is 434 g/mol. The molecule has 4 rings (SSSR count). The average Bonchev–Trinajstić information content (AvgIpc) is 3.41. The van der Waals surface area contributed by atoms with Gasteiger partial charge in [0.15, 0.2) is 11.5 Å². The zero-order valence-electron chi connectivity index (χ0n) is 18.0. The van der Waals surface area contributed by atoms with Gasteiger partial charge in [0.2, 0.25) is 5.75 Å². The van der Waals surface area contributed by atoms with Crippen LogP contribution in [0.2, 0.25) is 0 Å². The summed E-state index contributed by atoms with van der Waals surface area (Å²) in [5.74, 6) is -0.0649. The number of H-pyrrole nitrogens is 1. The van der Waals surface area contributed by atoms with E-state index in [1.165, 1.54) is 26.4 Å². The Morgan fingerprint density at radius 3 is 2.47 bits per heavy atom. The number of benzene rings is 2. The molecular weight excluding hydrogens is 411 g/mol. The standard InChI is InChI=1S/C25H23FN2O4/c1-14-19(8-15-9-22(31-2)24(29)23(10-15)32-3)18-5-4-17(26)11-20(18)21(14)13-28-25(30)16-6-7-27-12-16/h4-12,27,29H,13H2,1-3H3,(H,28,30)/b19-8-. The van der Waals surface area contributed by atoms with Gasteiger partial charge in [-0.25, -0.2) is 4.39 Å². The molecule has 0 spiro atoms. The van der Waals surface area contributed by atoms with Crippen molar-refractivity contribution in [3.05, 3.63) is 82.4 Å². The molecule has 3 N–H and O–H groups in total. The van der Waals surface area contributed by atoms with E-state index in [4.69, 9.17) is 9.47 Å². The molecule has 0 saturated heterocycles. The van der Waals surface area contributed by atoms with E-state index in [1.54, 1.807) is 36.7 Å². The Morgan fingerprint density at radius 1 is 1.12 bits per heavy atom. The van der Waals surface area contributed by atoms with Crippen molar-refractivity contribution < 1.29 is 23.8 Å². The first kappa shape index (κ1) is 21.2. The van der Waals surface area contributed by atoms with Crippen LogP contribution in [0.5, 0.6) is 17.2 Å². The number of halogens is 1. The Morgan fingerprint density at radius 2 is 1.84 bits per heavy atom. The van der Waals surface area contributed by atoms with Gasteiger partial charge in [-0.15, -0.1) is 0 Å². The van der Waals surface area contributed by atoms with Crippen molar-refractivity contribution in [2.45, 2.75) is 6.92 Å². The number of carbonyl (C=O) groups excluding carboxylic acids is 1. The van der Waals surface area contributed by atoms with Crippen molar-refractivity contribution in [1.29, 1.82) is 0 Å². The Bertz CT molecular complexity index is 1220. The first-order chi connectivity index (χ1) is 15.4. The van der Waals surface area contributed by atoms with Crippen LogP contribution in [-0.2, 0) is 0 Å². The van der Waals surface area contributed by atoms with Gasteiger partial charge in [0.05, 0.1) is 19.8 Å². The number of phenolic OH excluding ortho intramolecular Hbond substituents is 1. The summed E-state index contributed by atoms with van der Waals surface area (Å²) in [6, 6.07) is 9.72. The molecule has 0 unspecified atom stereocenters. The molecular formula is C25H23FN2O4. The number of rotatable bonds is 6. The smallest absolute Gasteiger partial charge is 0.253 e. The van der Waals surface area contributed by atoms with Gasteiger partial charge in [0.25, 0.3) is 5.91 Å². The Labute approximate surface area is 185 Å². The summed E-state index contributed by atoms with van der Waals surface area (Å²) < 4.78 is 24.6. The van der Waals surface area contributed by atoms with E-state index in [1.807, 2.05) is 13.0 Å². The molecule has 7 heteroatoms. The van der Waals surface area contributed by atoms with Crippen LogP contribution in [0.15, 0.2) is 54.4 Å². The van der Waals surface area contributed by atoms with E-state index in [9.17, 15) is 14.3 Å². The molecule has 0 fully saturated rings. The summed E-state index contributed by atoms with van der Waals surface area (Å²) in [6.45, 7) is 2.20. The molecule has 1 amide bonds. The zero-order valence-corrected chi connectivity index (χ0v) is 18.0. The lowest BCUT2D eigenvalue weighted by atomic mass is 10.00. The second-order valence-corrected chi connectivity index (χ2v) is 7.41. The minimum absolute atomic E-state index is 0.0773. The zero-order chi connectivity index (χ0) is 22.8. The van der Waals surface area contributed by atoms with Crippen LogP contribution in [0.25, 0.3) is 17.2 Å². The van der Waals surface area contributed by atoms with Crippen molar-refractivity contribution in [2.24, 2.45) is 0 Å². The highest BCUT2D eigenvalue weighted by Crippen LogP contribution is 2.44. The number of allylic oxidation sites excluding steroid dienone is 2. The van der Waals surface area contributed by atoms with Gasteiger partial charge in [0, 0.05) is 18.9 Å². The van der Waals surface area contributed by atoms with Crippen molar-refractivity contribution >= 4 is 23.1 Å². The molecule has 1 aliphatic rings. The van der Waals surface area contributed by atoms with Crippen LogP contribution in [-0.4, -0.2) is 36.8 Å². The summed E-state index contributed by atoms with van der Waals surface area (Å²) in [7, 11) is 2.94. The van der Waals surface area contributed by atoms with Crippen molar-refractivity contribution in [1.82, 2.24) is 10.3 Å². The van der Waals surface area contributed by atoms with E-state index in [0.717, 1.165) is 33.4 Å². The lowest BCUT2D eigenvalue weighted by Crippen LogP contribution is -2.24. The lowest BCUT2D eigenvalue weighted by molar-refractivity contribution is 0.0959. The number of aromatic hydroxyl groups is 1. The quantitative estimate of drug-likeness (QED) is 0.528. The van der Waals surface area contributed by atoms with Gasteiger partial charge < -0.3 is 24.9 Å². The van der Waals surface area contributed by atoms with Gasteiger partial charge in [-0.1, -0.05) is 6.07 Å².